The lowest BCUT2D eigenvalue weighted by Gasteiger charge is -2.46. The van der Waals surface area contributed by atoms with Crippen LogP contribution in [-0.2, 0) is 19.4 Å². The second-order valence-electron chi connectivity index (χ2n) is 8.07. The molecule has 1 unspecified atom stereocenters. The molecule has 0 saturated carbocycles. The fourth-order valence-electron chi connectivity index (χ4n) is 4.80. The van der Waals surface area contributed by atoms with Gasteiger partial charge in [0.05, 0.1) is 11.9 Å². The van der Waals surface area contributed by atoms with E-state index in [0.717, 1.165) is 32.6 Å². The number of anilines is 1. The zero-order chi connectivity index (χ0) is 18.8. The Labute approximate surface area is 167 Å². The molecule has 3 nitrogen and oxygen atoms in total. The van der Waals surface area contributed by atoms with Gasteiger partial charge in [0, 0.05) is 38.4 Å². The summed E-state index contributed by atoms with van der Waals surface area (Å²) < 4.78 is 0. The van der Waals surface area contributed by atoms with Gasteiger partial charge in [0.2, 0.25) is 0 Å². The van der Waals surface area contributed by atoms with Gasteiger partial charge in [-0.2, -0.15) is 0 Å². The average Bonchev–Trinajstić information content (AvgIpc) is 2.75. The second-order valence-corrected chi connectivity index (χ2v) is 8.07. The molecular weight excluding hydrogens is 342 g/mol. The largest absolute Gasteiger partial charge is 0.364 e. The van der Waals surface area contributed by atoms with Gasteiger partial charge in [0.15, 0.2) is 0 Å². The van der Waals surface area contributed by atoms with Gasteiger partial charge in [-0.25, -0.2) is 0 Å². The third kappa shape index (κ3) is 3.55. The second kappa shape index (κ2) is 7.76. The molecule has 3 aromatic rings. The van der Waals surface area contributed by atoms with E-state index < -0.39 is 0 Å². The van der Waals surface area contributed by atoms with Crippen molar-refractivity contribution < 1.29 is 0 Å². The highest BCUT2D eigenvalue weighted by Crippen LogP contribution is 2.35. The summed E-state index contributed by atoms with van der Waals surface area (Å²) >= 11 is 0. The molecule has 2 aliphatic rings. The van der Waals surface area contributed by atoms with Crippen molar-refractivity contribution in [2.45, 2.75) is 31.8 Å². The van der Waals surface area contributed by atoms with Gasteiger partial charge in [-0.05, 0) is 41.5 Å². The number of benzene rings is 2. The molecule has 1 aromatic heterocycles. The smallest absolute Gasteiger partial charge is 0.0591 e. The van der Waals surface area contributed by atoms with E-state index in [-0.39, 0.29) is 0 Å². The van der Waals surface area contributed by atoms with E-state index in [2.05, 4.69) is 87.8 Å². The van der Waals surface area contributed by atoms with Crippen molar-refractivity contribution >= 4 is 5.69 Å². The molecule has 0 N–H and O–H groups in total. The normalized spacial score (nSPS) is 19.1. The van der Waals surface area contributed by atoms with Crippen LogP contribution in [0.2, 0.25) is 0 Å². The Bertz CT molecular complexity index is 923. The van der Waals surface area contributed by atoms with Crippen LogP contribution in [0.4, 0.5) is 5.69 Å². The van der Waals surface area contributed by atoms with Crippen LogP contribution in [0, 0.1) is 0 Å². The molecule has 3 heteroatoms. The number of fused-ring (bicyclic) bond motifs is 3. The highest BCUT2D eigenvalue weighted by atomic mass is 15.3. The number of piperazine rings is 1. The van der Waals surface area contributed by atoms with Gasteiger partial charge >= 0.3 is 0 Å². The van der Waals surface area contributed by atoms with E-state index in [0.29, 0.717) is 6.04 Å². The molecule has 0 amide bonds. The molecule has 28 heavy (non-hydrogen) atoms. The maximum Gasteiger partial charge on any atom is 0.0591 e. The Balaban J connectivity index is 1.33. The zero-order valence-electron chi connectivity index (χ0n) is 16.3. The first-order valence-electron chi connectivity index (χ1n) is 10.4. The highest BCUT2D eigenvalue weighted by Gasteiger charge is 2.32. The Morgan fingerprint density at radius 1 is 0.857 bits per heavy atom. The van der Waals surface area contributed by atoms with Crippen molar-refractivity contribution in [3.8, 4) is 0 Å². The van der Waals surface area contributed by atoms with Crippen LogP contribution in [0.1, 0.15) is 28.7 Å². The number of nitrogens with zero attached hydrogens (tertiary/aromatic N) is 3. The van der Waals surface area contributed by atoms with Crippen LogP contribution in [0.5, 0.6) is 0 Å². The van der Waals surface area contributed by atoms with Crippen LogP contribution in [0.25, 0.3) is 0 Å². The molecule has 5 rings (SSSR count). The summed E-state index contributed by atoms with van der Waals surface area (Å²) in [6.45, 7) is 4.43. The number of hydrogen-bond donors (Lipinski definition) is 0. The van der Waals surface area contributed by atoms with Crippen molar-refractivity contribution in [3.63, 3.8) is 0 Å². The van der Waals surface area contributed by atoms with E-state index >= 15 is 0 Å². The SMILES string of the molecule is c1ccc(Cc2cncc3c2CCC2CN(Cc4ccccc4)CCN32)cc1. The Morgan fingerprint density at radius 3 is 2.39 bits per heavy atom. The Hall–Kier alpha value is -2.65. The zero-order valence-corrected chi connectivity index (χ0v) is 16.3. The summed E-state index contributed by atoms with van der Waals surface area (Å²) in [5.74, 6) is 0. The van der Waals surface area contributed by atoms with Crippen LogP contribution in [0.15, 0.2) is 73.1 Å². The molecule has 0 aliphatic carbocycles. The Morgan fingerprint density at radius 2 is 1.61 bits per heavy atom. The van der Waals surface area contributed by atoms with E-state index in [1.54, 1.807) is 0 Å². The summed E-state index contributed by atoms with van der Waals surface area (Å²) in [6.07, 6.45) is 7.57. The van der Waals surface area contributed by atoms with E-state index in [1.807, 2.05) is 0 Å². The van der Waals surface area contributed by atoms with Gasteiger partial charge in [-0.15, -0.1) is 0 Å². The molecule has 1 saturated heterocycles. The highest BCUT2D eigenvalue weighted by molar-refractivity contribution is 5.59. The fraction of sp³-hybridized carbons (Fsp3) is 0.320. The fourth-order valence-corrected chi connectivity index (χ4v) is 4.80. The molecule has 0 radical (unpaired) electrons. The summed E-state index contributed by atoms with van der Waals surface area (Å²) in [6, 6.07) is 22.2. The Kier molecular flexibility index (Phi) is 4.84. The van der Waals surface area contributed by atoms with Crippen LogP contribution < -0.4 is 4.90 Å². The number of aromatic nitrogens is 1. The first-order chi connectivity index (χ1) is 13.9. The molecule has 0 bridgehead atoms. The van der Waals surface area contributed by atoms with Gasteiger partial charge in [-0.1, -0.05) is 60.7 Å². The van der Waals surface area contributed by atoms with Crippen molar-refractivity contribution in [1.82, 2.24) is 9.88 Å². The maximum absolute atomic E-state index is 4.62. The quantitative estimate of drug-likeness (QED) is 0.683. The van der Waals surface area contributed by atoms with Crippen molar-refractivity contribution in [1.29, 1.82) is 0 Å². The predicted octanol–water partition coefficient (Wildman–Crippen LogP) is 4.31. The predicted molar refractivity (Wildman–Crippen MR) is 115 cm³/mol. The van der Waals surface area contributed by atoms with E-state index in [1.165, 1.54) is 40.8 Å². The summed E-state index contributed by atoms with van der Waals surface area (Å²) in [7, 11) is 0. The topological polar surface area (TPSA) is 19.4 Å². The lowest BCUT2D eigenvalue weighted by molar-refractivity contribution is 0.206. The summed E-state index contributed by atoms with van der Waals surface area (Å²) in [5.41, 5.74) is 7.08. The van der Waals surface area contributed by atoms with Crippen LogP contribution in [-0.4, -0.2) is 35.6 Å². The first kappa shape index (κ1) is 17.4. The number of rotatable bonds is 4. The first-order valence-corrected chi connectivity index (χ1v) is 10.4. The molecule has 142 valence electrons. The molecule has 2 aromatic carbocycles. The maximum atomic E-state index is 4.62. The van der Waals surface area contributed by atoms with Gasteiger partial charge < -0.3 is 4.90 Å². The third-order valence-electron chi connectivity index (χ3n) is 6.21. The van der Waals surface area contributed by atoms with Gasteiger partial charge in [0.25, 0.3) is 0 Å². The van der Waals surface area contributed by atoms with Crippen molar-refractivity contribution in [3.05, 3.63) is 95.3 Å². The summed E-state index contributed by atoms with van der Waals surface area (Å²) in [4.78, 5) is 9.86. The standard InChI is InChI=1S/C25H27N3/c1-3-7-20(8-4-1)15-22-16-26-17-25-24(22)12-11-23-19-27(13-14-28(23)25)18-21-9-5-2-6-10-21/h1-10,16-17,23H,11-15,18-19H2. The van der Waals surface area contributed by atoms with E-state index in [9.17, 15) is 0 Å². The number of hydrogen-bond acceptors (Lipinski definition) is 3. The lowest BCUT2D eigenvalue weighted by Crippen LogP contribution is -2.54. The molecule has 3 heterocycles. The summed E-state index contributed by atoms with van der Waals surface area (Å²) in [5, 5.41) is 0. The van der Waals surface area contributed by atoms with Crippen LogP contribution >= 0.6 is 0 Å². The number of pyridine rings is 1. The average molecular weight is 370 g/mol. The van der Waals surface area contributed by atoms with Gasteiger partial charge in [0.1, 0.15) is 0 Å². The van der Waals surface area contributed by atoms with E-state index in [4.69, 9.17) is 0 Å². The van der Waals surface area contributed by atoms with Crippen molar-refractivity contribution in [2.75, 3.05) is 24.5 Å². The minimum Gasteiger partial charge on any atom is -0.364 e. The molecule has 2 aliphatic heterocycles. The minimum absolute atomic E-state index is 0.610. The molecule has 1 fully saturated rings. The van der Waals surface area contributed by atoms with Crippen molar-refractivity contribution in [2.24, 2.45) is 0 Å². The lowest BCUT2D eigenvalue weighted by atomic mass is 9.90. The molecule has 1 atom stereocenters. The van der Waals surface area contributed by atoms with Crippen LogP contribution in [0.3, 0.4) is 0 Å². The minimum atomic E-state index is 0.610. The molecular formula is C25H27N3. The van der Waals surface area contributed by atoms with Gasteiger partial charge in [-0.3, -0.25) is 9.88 Å². The monoisotopic (exact) mass is 369 g/mol. The third-order valence-corrected chi connectivity index (χ3v) is 6.21. The molecule has 0 spiro atoms.